The molecule has 1 aromatic rings. The summed E-state index contributed by atoms with van der Waals surface area (Å²) in [4.78, 5) is 0. The number of hydrogen-bond donors (Lipinski definition) is 1. The number of nitrogens with one attached hydrogen (secondary N) is 1. The summed E-state index contributed by atoms with van der Waals surface area (Å²) in [6, 6.07) is 6.49. The van der Waals surface area contributed by atoms with Crippen molar-refractivity contribution in [2.75, 3.05) is 0 Å². The van der Waals surface area contributed by atoms with Crippen molar-refractivity contribution < 1.29 is 4.74 Å². The molecule has 1 N–H and O–H groups in total. The van der Waals surface area contributed by atoms with Crippen molar-refractivity contribution in [2.24, 2.45) is 0 Å². The first kappa shape index (κ1) is 14.3. The van der Waals surface area contributed by atoms with Crippen LogP contribution in [0.15, 0.2) is 18.2 Å². The molecular formula is C14H22ClNO. The van der Waals surface area contributed by atoms with Crippen molar-refractivity contribution in [1.82, 2.24) is 5.32 Å². The van der Waals surface area contributed by atoms with Gasteiger partial charge in [0.15, 0.2) is 0 Å². The van der Waals surface area contributed by atoms with Crippen LogP contribution in [0.4, 0.5) is 0 Å². The highest BCUT2D eigenvalue weighted by atomic mass is 35.5. The minimum atomic E-state index is 0.150. The second-order valence-corrected chi connectivity index (χ2v) is 5.03. The van der Waals surface area contributed by atoms with Crippen LogP contribution >= 0.6 is 11.6 Å². The lowest BCUT2D eigenvalue weighted by atomic mass is 10.2. The van der Waals surface area contributed by atoms with Crippen LogP contribution in [0.5, 0.6) is 5.75 Å². The monoisotopic (exact) mass is 255 g/mol. The summed E-state index contributed by atoms with van der Waals surface area (Å²) in [5.74, 6) is 0.758. The van der Waals surface area contributed by atoms with Crippen LogP contribution in [0.1, 0.15) is 39.7 Å². The van der Waals surface area contributed by atoms with E-state index in [0.717, 1.165) is 18.7 Å². The third kappa shape index (κ3) is 4.97. The minimum Gasteiger partial charge on any atom is -0.489 e. The van der Waals surface area contributed by atoms with Crippen molar-refractivity contribution in [3.63, 3.8) is 0 Å². The van der Waals surface area contributed by atoms with E-state index in [4.69, 9.17) is 16.3 Å². The summed E-state index contributed by atoms with van der Waals surface area (Å²) < 4.78 is 5.59. The molecule has 1 aromatic carbocycles. The fourth-order valence-electron chi connectivity index (χ4n) is 1.44. The van der Waals surface area contributed by atoms with Crippen LogP contribution in [0.3, 0.4) is 0 Å². The van der Waals surface area contributed by atoms with Crippen molar-refractivity contribution >= 4 is 11.6 Å². The predicted octanol–water partition coefficient (Wildman–Crippen LogP) is 4.02. The zero-order valence-electron chi connectivity index (χ0n) is 11.1. The summed E-state index contributed by atoms with van der Waals surface area (Å²) in [5, 5.41) is 4.12. The molecule has 0 heterocycles. The van der Waals surface area contributed by atoms with Gasteiger partial charge in [0.25, 0.3) is 0 Å². The molecule has 1 rings (SSSR count). The fraction of sp³-hybridized carbons (Fsp3) is 0.571. The Morgan fingerprint density at radius 1 is 1.29 bits per heavy atom. The Morgan fingerprint density at radius 2 is 2.00 bits per heavy atom. The Balaban J connectivity index is 2.62. The van der Waals surface area contributed by atoms with Gasteiger partial charge >= 0.3 is 0 Å². The number of benzene rings is 1. The molecule has 0 bridgehead atoms. The zero-order chi connectivity index (χ0) is 12.8. The number of ether oxygens (including phenoxy) is 1. The molecule has 0 amide bonds. The predicted molar refractivity (Wildman–Crippen MR) is 73.8 cm³/mol. The molecule has 0 aromatic heterocycles. The largest absolute Gasteiger partial charge is 0.489 e. The van der Waals surface area contributed by atoms with Crippen LogP contribution in [0.2, 0.25) is 5.02 Å². The van der Waals surface area contributed by atoms with Crippen LogP contribution < -0.4 is 10.1 Å². The maximum absolute atomic E-state index is 6.17. The topological polar surface area (TPSA) is 21.3 Å². The number of rotatable bonds is 6. The average molecular weight is 256 g/mol. The molecule has 1 unspecified atom stereocenters. The summed E-state index contributed by atoms with van der Waals surface area (Å²) in [6.07, 6.45) is 1.28. The smallest absolute Gasteiger partial charge is 0.138 e. The van der Waals surface area contributed by atoms with Crippen molar-refractivity contribution in [2.45, 2.75) is 52.8 Å². The third-order valence-corrected chi connectivity index (χ3v) is 2.92. The molecule has 0 aliphatic carbocycles. The average Bonchev–Trinajstić information content (AvgIpc) is 2.28. The lowest BCUT2D eigenvalue weighted by Crippen LogP contribution is -2.24. The van der Waals surface area contributed by atoms with Crippen molar-refractivity contribution in [1.29, 1.82) is 0 Å². The van der Waals surface area contributed by atoms with Gasteiger partial charge < -0.3 is 10.1 Å². The highest BCUT2D eigenvalue weighted by Crippen LogP contribution is 2.26. The molecule has 96 valence electrons. The van der Waals surface area contributed by atoms with Gasteiger partial charge in [-0.05, 0) is 44.9 Å². The standard InChI is InChI=1S/C14H22ClNO/c1-5-11(4)16-9-12-6-7-14(13(15)8-12)17-10(2)3/h6-8,10-11,16H,5,9H2,1-4H3. The van der Waals surface area contributed by atoms with Gasteiger partial charge in [0, 0.05) is 12.6 Å². The van der Waals surface area contributed by atoms with Crippen molar-refractivity contribution in [3.8, 4) is 5.75 Å². The SMILES string of the molecule is CCC(C)NCc1ccc(OC(C)C)c(Cl)c1. The van der Waals surface area contributed by atoms with Gasteiger partial charge in [-0.2, -0.15) is 0 Å². The van der Waals surface area contributed by atoms with Crippen LogP contribution in [-0.4, -0.2) is 12.1 Å². The van der Waals surface area contributed by atoms with E-state index in [1.54, 1.807) is 0 Å². The summed E-state index contributed by atoms with van der Waals surface area (Å²) >= 11 is 6.17. The lowest BCUT2D eigenvalue weighted by Gasteiger charge is -2.14. The minimum absolute atomic E-state index is 0.150. The Morgan fingerprint density at radius 3 is 2.53 bits per heavy atom. The molecule has 0 aliphatic rings. The Hall–Kier alpha value is -0.730. The molecule has 2 nitrogen and oxygen atoms in total. The highest BCUT2D eigenvalue weighted by molar-refractivity contribution is 6.32. The van der Waals surface area contributed by atoms with Crippen LogP contribution in [0, 0.1) is 0 Å². The lowest BCUT2D eigenvalue weighted by molar-refractivity contribution is 0.242. The second kappa shape index (κ2) is 6.87. The maximum Gasteiger partial charge on any atom is 0.138 e. The molecule has 17 heavy (non-hydrogen) atoms. The molecule has 0 aliphatic heterocycles. The van der Waals surface area contributed by atoms with Crippen LogP contribution in [-0.2, 0) is 6.54 Å². The van der Waals surface area contributed by atoms with E-state index in [9.17, 15) is 0 Å². The van der Waals surface area contributed by atoms with Gasteiger partial charge in [-0.15, -0.1) is 0 Å². The third-order valence-electron chi connectivity index (χ3n) is 2.63. The van der Waals surface area contributed by atoms with Gasteiger partial charge in [0.2, 0.25) is 0 Å². The van der Waals surface area contributed by atoms with Gasteiger partial charge in [-0.25, -0.2) is 0 Å². The van der Waals surface area contributed by atoms with Gasteiger partial charge in [-0.3, -0.25) is 0 Å². The van der Waals surface area contributed by atoms with E-state index < -0.39 is 0 Å². The van der Waals surface area contributed by atoms with Crippen LogP contribution in [0.25, 0.3) is 0 Å². The van der Waals surface area contributed by atoms with E-state index in [1.165, 1.54) is 5.56 Å². The number of hydrogen-bond acceptors (Lipinski definition) is 2. The van der Waals surface area contributed by atoms with Crippen molar-refractivity contribution in [3.05, 3.63) is 28.8 Å². The van der Waals surface area contributed by atoms with Gasteiger partial charge in [0.05, 0.1) is 11.1 Å². The quantitative estimate of drug-likeness (QED) is 0.829. The summed E-state index contributed by atoms with van der Waals surface area (Å²) in [6.45, 7) is 9.18. The first-order valence-electron chi connectivity index (χ1n) is 6.21. The first-order chi connectivity index (χ1) is 8.02. The Labute approximate surface area is 109 Å². The summed E-state index contributed by atoms with van der Waals surface area (Å²) in [5.41, 5.74) is 1.19. The molecule has 1 atom stereocenters. The molecular weight excluding hydrogens is 234 g/mol. The molecule has 0 radical (unpaired) electrons. The summed E-state index contributed by atoms with van der Waals surface area (Å²) in [7, 11) is 0. The molecule has 0 fully saturated rings. The van der Waals surface area contributed by atoms with E-state index >= 15 is 0 Å². The Bertz CT molecular complexity index is 352. The maximum atomic E-state index is 6.17. The molecule has 0 saturated heterocycles. The zero-order valence-corrected chi connectivity index (χ0v) is 11.8. The fourth-order valence-corrected chi connectivity index (χ4v) is 1.69. The van der Waals surface area contributed by atoms with E-state index in [0.29, 0.717) is 11.1 Å². The molecule has 0 spiro atoms. The van der Waals surface area contributed by atoms with E-state index in [1.807, 2.05) is 26.0 Å². The highest BCUT2D eigenvalue weighted by Gasteiger charge is 2.05. The van der Waals surface area contributed by atoms with E-state index in [2.05, 4.69) is 25.2 Å². The van der Waals surface area contributed by atoms with Gasteiger partial charge in [-0.1, -0.05) is 24.6 Å². The molecule has 0 saturated carbocycles. The number of halogens is 1. The normalized spacial score (nSPS) is 12.8. The molecule has 3 heteroatoms. The van der Waals surface area contributed by atoms with E-state index in [-0.39, 0.29) is 6.10 Å². The van der Waals surface area contributed by atoms with Gasteiger partial charge in [0.1, 0.15) is 5.75 Å². The Kier molecular flexibility index (Phi) is 5.79. The second-order valence-electron chi connectivity index (χ2n) is 4.62. The first-order valence-corrected chi connectivity index (χ1v) is 6.59.